The van der Waals surface area contributed by atoms with E-state index in [0.717, 1.165) is 12.0 Å². The summed E-state index contributed by atoms with van der Waals surface area (Å²) < 4.78 is 29.9. The first-order valence-corrected chi connectivity index (χ1v) is 9.97. The van der Waals surface area contributed by atoms with Crippen LogP contribution in [0, 0.1) is 0 Å². The maximum atomic E-state index is 12.3. The van der Waals surface area contributed by atoms with E-state index in [4.69, 9.17) is 4.74 Å². The van der Waals surface area contributed by atoms with Gasteiger partial charge in [0.2, 0.25) is 0 Å². The highest BCUT2D eigenvalue weighted by Gasteiger charge is 2.13. The highest BCUT2D eigenvalue weighted by atomic mass is 32.2. The normalized spacial score (nSPS) is 12.9. The fourth-order valence-electron chi connectivity index (χ4n) is 2.34. The van der Waals surface area contributed by atoms with E-state index in [9.17, 15) is 13.5 Å². The molecule has 1 atom stereocenters. The lowest BCUT2D eigenvalue weighted by Gasteiger charge is -2.10. The van der Waals surface area contributed by atoms with Crippen LogP contribution < -0.4 is 9.57 Å². The molecule has 0 spiro atoms. The molecule has 2 rings (SSSR count). The molecule has 1 unspecified atom stereocenters. The van der Waals surface area contributed by atoms with Gasteiger partial charge in [0.25, 0.3) is 10.0 Å². The lowest BCUT2D eigenvalue weighted by Crippen LogP contribution is -2.18. The number of ether oxygens (including phenoxy) is 1. The Morgan fingerprint density at radius 2 is 1.88 bits per heavy atom. The molecule has 0 aliphatic heterocycles. The second-order valence-corrected chi connectivity index (χ2v) is 7.52. The first-order valence-electron chi connectivity index (χ1n) is 8.48. The third-order valence-corrected chi connectivity index (χ3v) is 5.32. The van der Waals surface area contributed by atoms with Crippen LogP contribution in [0.15, 0.2) is 52.5 Å². The molecule has 0 bridgehead atoms. The number of phenols is 1. The molecule has 0 heterocycles. The van der Waals surface area contributed by atoms with E-state index in [0.29, 0.717) is 23.8 Å². The summed E-state index contributed by atoms with van der Waals surface area (Å²) in [7, 11) is -3.77. The molecular formula is C19H24N2O4S. The van der Waals surface area contributed by atoms with E-state index < -0.39 is 10.0 Å². The van der Waals surface area contributed by atoms with Gasteiger partial charge in [0, 0.05) is 5.56 Å². The van der Waals surface area contributed by atoms with Crippen molar-refractivity contribution in [3.05, 3.63) is 53.6 Å². The number of aromatic hydroxyl groups is 1. The largest absolute Gasteiger partial charge is 0.504 e. The molecule has 0 fully saturated rings. The maximum Gasteiger partial charge on any atom is 0.276 e. The molecule has 7 heteroatoms. The third kappa shape index (κ3) is 4.76. The highest BCUT2D eigenvalue weighted by Crippen LogP contribution is 2.28. The smallest absolute Gasteiger partial charge is 0.276 e. The van der Waals surface area contributed by atoms with Crippen LogP contribution in [-0.4, -0.2) is 26.3 Å². The fourth-order valence-corrected chi connectivity index (χ4v) is 3.14. The van der Waals surface area contributed by atoms with Gasteiger partial charge >= 0.3 is 0 Å². The molecular weight excluding hydrogens is 352 g/mol. The lowest BCUT2D eigenvalue weighted by molar-refractivity contribution is 0.318. The number of hydrogen-bond acceptors (Lipinski definition) is 5. The van der Waals surface area contributed by atoms with Crippen molar-refractivity contribution in [3.63, 3.8) is 0 Å². The summed E-state index contributed by atoms with van der Waals surface area (Å²) in [5, 5.41) is 13.8. The maximum absolute atomic E-state index is 12.3. The van der Waals surface area contributed by atoms with Crippen LogP contribution in [0.5, 0.6) is 11.5 Å². The van der Waals surface area contributed by atoms with Crippen LogP contribution in [0.2, 0.25) is 0 Å². The van der Waals surface area contributed by atoms with Gasteiger partial charge in [0.15, 0.2) is 11.5 Å². The second kappa shape index (κ2) is 8.71. The topological polar surface area (TPSA) is 88.0 Å². The first-order chi connectivity index (χ1) is 12.4. The fraction of sp³-hybridized carbons (Fsp3) is 0.316. The zero-order valence-corrected chi connectivity index (χ0v) is 16.0. The van der Waals surface area contributed by atoms with E-state index in [1.54, 1.807) is 37.3 Å². The highest BCUT2D eigenvalue weighted by molar-refractivity contribution is 7.89. The van der Waals surface area contributed by atoms with E-state index in [2.05, 4.69) is 23.8 Å². The summed E-state index contributed by atoms with van der Waals surface area (Å²) in [6, 6.07) is 11.7. The van der Waals surface area contributed by atoms with Gasteiger partial charge in [-0.25, -0.2) is 4.83 Å². The van der Waals surface area contributed by atoms with Crippen LogP contribution in [0.1, 0.15) is 44.2 Å². The van der Waals surface area contributed by atoms with Crippen LogP contribution in [0.25, 0.3) is 0 Å². The van der Waals surface area contributed by atoms with Crippen molar-refractivity contribution in [2.45, 2.75) is 38.0 Å². The minimum atomic E-state index is -3.77. The number of rotatable bonds is 8. The number of sulfonamides is 1. The Kier molecular flexibility index (Phi) is 6.63. The lowest BCUT2D eigenvalue weighted by atomic mass is 9.99. The molecule has 0 saturated heterocycles. The van der Waals surface area contributed by atoms with Crippen LogP contribution in [0.3, 0.4) is 0 Å². The van der Waals surface area contributed by atoms with Crippen LogP contribution >= 0.6 is 0 Å². The Hall–Kier alpha value is -2.54. The number of para-hydroxylation sites is 1. The van der Waals surface area contributed by atoms with Gasteiger partial charge in [-0.15, -0.1) is 0 Å². The third-order valence-electron chi connectivity index (χ3n) is 4.08. The molecule has 0 radical (unpaired) electrons. The molecule has 0 saturated carbocycles. The number of benzene rings is 2. The number of phenolic OH excluding ortho intramolecular Hbond substituents is 1. The predicted octanol–water partition coefficient (Wildman–Crippen LogP) is 3.62. The standard InChI is InChI=1S/C19H24N2O4S/c1-4-14(3)15-9-11-17(12-10-15)26(23,24)21-20-13-16-7-6-8-18(19(16)22)25-5-2/h6-14,21-22H,4-5H2,1-3H3. The minimum Gasteiger partial charge on any atom is -0.504 e. The number of hydrogen-bond donors (Lipinski definition) is 2. The van der Waals surface area contributed by atoms with Gasteiger partial charge in [-0.3, -0.25) is 0 Å². The van der Waals surface area contributed by atoms with Gasteiger partial charge in [0.05, 0.1) is 17.7 Å². The van der Waals surface area contributed by atoms with E-state index >= 15 is 0 Å². The van der Waals surface area contributed by atoms with E-state index in [-0.39, 0.29) is 10.6 Å². The van der Waals surface area contributed by atoms with Crippen molar-refractivity contribution in [3.8, 4) is 11.5 Å². The average molecular weight is 376 g/mol. The predicted molar refractivity (Wildman–Crippen MR) is 102 cm³/mol. The Morgan fingerprint density at radius 1 is 1.19 bits per heavy atom. The summed E-state index contributed by atoms with van der Waals surface area (Å²) in [5.41, 5.74) is 1.44. The number of nitrogens with zero attached hydrogens (tertiary/aromatic N) is 1. The molecule has 2 aromatic carbocycles. The molecule has 0 aliphatic rings. The molecule has 2 aromatic rings. The average Bonchev–Trinajstić information content (AvgIpc) is 2.64. The summed E-state index contributed by atoms with van der Waals surface area (Å²) >= 11 is 0. The van der Waals surface area contributed by atoms with Crippen molar-refractivity contribution in [1.82, 2.24) is 4.83 Å². The zero-order valence-electron chi connectivity index (χ0n) is 15.1. The molecule has 0 aliphatic carbocycles. The monoisotopic (exact) mass is 376 g/mol. The number of hydrazone groups is 1. The van der Waals surface area contributed by atoms with Crippen molar-refractivity contribution >= 4 is 16.2 Å². The van der Waals surface area contributed by atoms with Crippen molar-refractivity contribution in [1.29, 1.82) is 0 Å². The van der Waals surface area contributed by atoms with Crippen molar-refractivity contribution in [2.75, 3.05) is 6.61 Å². The van der Waals surface area contributed by atoms with Crippen LogP contribution in [0.4, 0.5) is 0 Å². The Morgan fingerprint density at radius 3 is 2.50 bits per heavy atom. The van der Waals surface area contributed by atoms with Gasteiger partial charge in [0.1, 0.15) is 0 Å². The SMILES string of the molecule is CCOc1cccc(C=NNS(=O)(=O)c2ccc(C(C)CC)cc2)c1O. The quantitative estimate of drug-likeness (QED) is 0.544. The summed E-state index contributed by atoms with van der Waals surface area (Å²) in [5.74, 6) is 0.605. The van der Waals surface area contributed by atoms with Crippen molar-refractivity contribution < 1.29 is 18.3 Å². The molecule has 0 aromatic heterocycles. The molecule has 0 amide bonds. The Bertz CT molecular complexity index is 862. The van der Waals surface area contributed by atoms with E-state index in [1.165, 1.54) is 6.21 Å². The molecule has 140 valence electrons. The molecule has 2 N–H and O–H groups in total. The van der Waals surface area contributed by atoms with Gasteiger partial charge < -0.3 is 9.84 Å². The van der Waals surface area contributed by atoms with Crippen LogP contribution in [-0.2, 0) is 10.0 Å². The summed E-state index contributed by atoms with van der Waals surface area (Å²) in [4.78, 5) is 2.29. The summed E-state index contributed by atoms with van der Waals surface area (Å²) in [6.45, 7) is 6.39. The Labute approximate surface area is 154 Å². The number of nitrogens with one attached hydrogen (secondary N) is 1. The zero-order chi connectivity index (χ0) is 19.2. The van der Waals surface area contributed by atoms with E-state index in [1.807, 2.05) is 12.1 Å². The van der Waals surface area contributed by atoms with Gasteiger partial charge in [-0.2, -0.15) is 13.5 Å². The second-order valence-electron chi connectivity index (χ2n) is 5.86. The van der Waals surface area contributed by atoms with Gasteiger partial charge in [-0.05, 0) is 49.1 Å². The van der Waals surface area contributed by atoms with Crippen molar-refractivity contribution in [2.24, 2.45) is 5.10 Å². The minimum absolute atomic E-state index is 0.0878. The molecule has 6 nitrogen and oxygen atoms in total. The Balaban J connectivity index is 2.13. The summed E-state index contributed by atoms with van der Waals surface area (Å²) in [6.07, 6.45) is 2.22. The first kappa shape index (κ1) is 19.8. The molecule has 26 heavy (non-hydrogen) atoms. The van der Waals surface area contributed by atoms with Gasteiger partial charge in [-0.1, -0.05) is 32.0 Å².